The molecule has 0 aliphatic rings. The highest BCUT2D eigenvalue weighted by Crippen LogP contribution is 2.17. The van der Waals surface area contributed by atoms with Gasteiger partial charge in [-0.25, -0.2) is 4.79 Å². The van der Waals surface area contributed by atoms with E-state index in [0.717, 1.165) is 0 Å². The van der Waals surface area contributed by atoms with Gasteiger partial charge in [0.1, 0.15) is 11.5 Å². The summed E-state index contributed by atoms with van der Waals surface area (Å²) >= 11 is 0. The number of esters is 1. The molecule has 0 spiro atoms. The first-order chi connectivity index (χ1) is 12.5. The minimum absolute atomic E-state index is 0.326. The van der Waals surface area contributed by atoms with Gasteiger partial charge in [0.15, 0.2) is 12.7 Å². The molecule has 7 heteroatoms. The van der Waals surface area contributed by atoms with Crippen LogP contribution in [-0.4, -0.2) is 31.7 Å². The second-order valence-electron chi connectivity index (χ2n) is 5.28. The zero-order valence-electron chi connectivity index (χ0n) is 14.4. The van der Waals surface area contributed by atoms with Crippen molar-refractivity contribution in [3.8, 4) is 17.6 Å². The van der Waals surface area contributed by atoms with Crippen molar-refractivity contribution < 1.29 is 23.8 Å². The van der Waals surface area contributed by atoms with Crippen molar-refractivity contribution in [3.63, 3.8) is 0 Å². The molecule has 0 fully saturated rings. The molecule has 1 amide bonds. The van der Waals surface area contributed by atoms with Crippen molar-refractivity contribution in [1.29, 1.82) is 5.26 Å². The van der Waals surface area contributed by atoms with E-state index in [4.69, 9.17) is 19.5 Å². The summed E-state index contributed by atoms with van der Waals surface area (Å²) in [6, 6.07) is 15.1. The van der Waals surface area contributed by atoms with E-state index in [1.54, 1.807) is 49.6 Å². The van der Waals surface area contributed by atoms with Gasteiger partial charge in [-0.3, -0.25) is 4.79 Å². The zero-order valence-corrected chi connectivity index (χ0v) is 14.4. The predicted molar refractivity (Wildman–Crippen MR) is 93.8 cm³/mol. The van der Waals surface area contributed by atoms with E-state index >= 15 is 0 Å². The standard InChI is InChI=1S/C19H18N2O5/c1-13(19(23)21-15-5-3-4-14(10-15)11-20)26-18(22)12-25-17-8-6-16(24-2)7-9-17/h3-10,13H,12H2,1-2H3,(H,21,23)/t13-/m1/s1. The smallest absolute Gasteiger partial charge is 0.344 e. The van der Waals surface area contributed by atoms with Crippen molar-refractivity contribution in [2.24, 2.45) is 0 Å². The average molecular weight is 354 g/mol. The third-order valence-corrected chi connectivity index (χ3v) is 3.35. The number of hydrogen-bond donors (Lipinski definition) is 1. The molecule has 2 aromatic carbocycles. The minimum atomic E-state index is -1.01. The highest BCUT2D eigenvalue weighted by Gasteiger charge is 2.18. The molecule has 0 aromatic heterocycles. The van der Waals surface area contributed by atoms with Crippen LogP contribution in [0.4, 0.5) is 5.69 Å². The SMILES string of the molecule is COc1ccc(OCC(=O)O[C@H](C)C(=O)Nc2cccc(C#N)c2)cc1. The molecular weight excluding hydrogens is 336 g/mol. The van der Waals surface area contributed by atoms with E-state index in [0.29, 0.717) is 22.7 Å². The molecule has 1 N–H and O–H groups in total. The van der Waals surface area contributed by atoms with Gasteiger partial charge < -0.3 is 19.5 Å². The summed E-state index contributed by atoms with van der Waals surface area (Å²) in [5.74, 6) is -0.0222. The Morgan fingerprint density at radius 2 is 1.85 bits per heavy atom. The van der Waals surface area contributed by atoms with Gasteiger partial charge in [-0.05, 0) is 49.4 Å². The first-order valence-electron chi connectivity index (χ1n) is 7.79. The number of anilines is 1. The fourth-order valence-electron chi connectivity index (χ4n) is 2.01. The largest absolute Gasteiger partial charge is 0.497 e. The summed E-state index contributed by atoms with van der Waals surface area (Å²) in [6.45, 7) is 1.13. The third kappa shape index (κ3) is 5.53. The van der Waals surface area contributed by atoms with Gasteiger partial charge in [0, 0.05) is 5.69 Å². The van der Waals surface area contributed by atoms with Crippen LogP contribution in [0.3, 0.4) is 0 Å². The molecule has 7 nitrogen and oxygen atoms in total. The summed E-state index contributed by atoms with van der Waals surface area (Å²) in [5, 5.41) is 11.4. The number of nitrogens with one attached hydrogen (secondary N) is 1. The highest BCUT2D eigenvalue weighted by atomic mass is 16.6. The molecule has 0 saturated carbocycles. The van der Waals surface area contributed by atoms with Crippen molar-refractivity contribution in [2.75, 3.05) is 19.0 Å². The average Bonchev–Trinajstić information content (AvgIpc) is 2.66. The number of nitriles is 1. The topological polar surface area (TPSA) is 97.7 Å². The Morgan fingerprint density at radius 3 is 2.50 bits per heavy atom. The number of ether oxygens (including phenoxy) is 3. The van der Waals surface area contributed by atoms with E-state index < -0.39 is 18.0 Å². The Morgan fingerprint density at radius 1 is 1.15 bits per heavy atom. The molecule has 2 aromatic rings. The molecule has 1 atom stereocenters. The molecule has 26 heavy (non-hydrogen) atoms. The molecule has 0 bridgehead atoms. The molecule has 0 unspecified atom stereocenters. The fourth-order valence-corrected chi connectivity index (χ4v) is 2.01. The zero-order chi connectivity index (χ0) is 18.9. The van der Waals surface area contributed by atoms with Crippen molar-refractivity contribution in [2.45, 2.75) is 13.0 Å². The Kier molecular flexibility index (Phi) is 6.57. The van der Waals surface area contributed by atoms with Gasteiger partial charge in [0.25, 0.3) is 5.91 Å². The molecule has 134 valence electrons. The summed E-state index contributed by atoms with van der Waals surface area (Å²) in [7, 11) is 1.55. The van der Waals surface area contributed by atoms with Gasteiger partial charge >= 0.3 is 5.97 Å². The van der Waals surface area contributed by atoms with Crippen LogP contribution in [0.25, 0.3) is 0 Å². The van der Waals surface area contributed by atoms with Gasteiger partial charge in [-0.15, -0.1) is 0 Å². The van der Waals surface area contributed by atoms with Gasteiger partial charge in [-0.2, -0.15) is 5.26 Å². The van der Waals surface area contributed by atoms with Crippen LogP contribution >= 0.6 is 0 Å². The molecule has 2 rings (SSSR count). The summed E-state index contributed by atoms with van der Waals surface area (Å²) in [5.41, 5.74) is 0.867. The fraction of sp³-hybridized carbons (Fsp3) is 0.211. The van der Waals surface area contributed by atoms with Crippen LogP contribution in [0.5, 0.6) is 11.5 Å². The Bertz CT molecular complexity index is 811. The van der Waals surface area contributed by atoms with E-state index in [1.165, 1.54) is 13.0 Å². The number of hydrogen-bond acceptors (Lipinski definition) is 6. The number of carbonyl (C=O) groups excluding carboxylic acids is 2. The Hall–Kier alpha value is -3.53. The van der Waals surface area contributed by atoms with Crippen LogP contribution in [0.15, 0.2) is 48.5 Å². The van der Waals surface area contributed by atoms with Crippen molar-refractivity contribution in [1.82, 2.24) is 0 Å². The Labute approximate surface area is 151 Å². The monoisotopic (exact) mass is 354 g/mol. The molecule has 0 heterocycles. The number of amides is 1. The van der Waals surface area contributed by atoms with Gasteiger partial charge in [-0.1, -0.05) is 6.07 Å². The first-order valence-corrected chi connectivity index (χ1v) is 7.79. The summed E-state index contributed by atoms with van der Waals surface area (Å²) < 4.78 is 15.4. The predicted octanol–water partition coefficient (Wildman–Crippen LogP) is 2.52. The summed E-state index contributed by atoms with van der Waals surface area (Å²) in [6.07, 6.45) is -1.01. The van der Waals surface area contributed by atoms with Gasteiger partial charge in [0.05, 0.1) is 18.7 Å². The Balaban J connectivity index is 1.81. The van der Waals surface area contributed by atoms with E-state index in [9.17, 15) is 9.59 Å². The van der Waals surface area contributed by atoms with Crippen LogP contribution in [0.1, 0.15) is 12.5 Å². The van der Waals surface area contributed by atoms with Crippen LogP contribution < -0.4 is 14.8 Å². The molecular formula is C19H18N2O5. The van der Waals surface area contributed by atoms with Crippen LogP contribution in [0.2, 0.25) is 0 Å². The second kappa shape index (κ2) is 9.08. The number of rotatable bonds is 7. The van der Waals surface area contributed by atoms with E-state index in [1.807, 2.05) is 6.07 Å². The number of benzene rings is 2. The third-order valence-electron chi connectivity index (χ3n) is 3.35. The highest BCUT2D eigenvalue weighted by molar-refractivity contribution is 5.95. The molecule has 0 aliphatic heterocycles. The van der Waals surface area contributed by atoms with Crippen molar-refractivity contribution >= 4 is 17.6 Å². The van der Waals surface area contributed by atoms with Crippen LogP contribution in [0, 0.1) is 11.3 Å². The lowest BCUT2D eigenvalue weighted by Gasteiger charge is -2.14. The van der Waals surface area contributed by atoms with Crippen LogP contribution in [-0.2, 0) is 14.3 Å². The number of carbonyl (C=O) groups is 2. The normalized spacial score (nSPS) is 11.0. The van der Waals surface area contributed by atoms with E-state index in [-0.39, 0.29) is 6.61 Å². The van der Waals surface area contributed by atoms with Gasteiger partial charge in [0.2, 0.25) is 0 Å². The lowest BCUT2D eigenvalue weighted by molar-refractivity contribution is -0.155. The summed E-state index contributed by atoms with van der Waals surface area (Å²) in [4.78, 5) is 23.9. The van der Waals surface area contributed by atoms with E-state index in [2.05, 4.69) is 5.32 Å². The molecule has 0 saturated heterocycles. The quantitative estimate of drug-likeness (QED) is 0.767. The maximum Gasteiger partial charge on any atom is 0.344 e. The second-order valence-corrected chi connectivity index (χ2v) is 5.28. The minimum Gasteiger partial charge on any atom is -0.497 e. The maximum absolute atomic E-state index is 12.1. The molecule has 0 radical (unpaired) electrons. The number of methoxy groups -OCH3 is 1. The lowest BCUT2D eigenvalue weighted by Crippen LogP contribution is -2.31. The number of nitrogens with zero attached hydrogens (tertiary/aromatic N) is 1. The lowest BCUT2D eigenvalue weighted by atomic mass is 10.2. The maximum atomic E-state index is 12.1. The van der Waals surface area contributed by atoms with Crippen molar-refractivity contribution in [3.05, 3.63) is 54.1 Å². The first kappa shape index (κ1) is 18.8. The molecule has 0 aliphatic carbocycles.